The summed E-state index contributed by atoms with van der Waals surface area (Å²) in [4.78, 5) is 0. The topological polar surface area (TPSA) is 30.5 Å². The zero-order chi connectivity index (χ0) is 10.3. The Morgan fingerprint density at radius 1 is 1.40 bits per heavy atom. The average molecular weight is 288 g/mol. The van der Waals surface area contributed by atoms with E-state index in [0.29, 0.717) is 12.2 Å². The molecular formula is C10H10BrNO2S. The molecule has 1 aromatic rings. The molecule has 0 aromatic heterocycles. The highest BCUT2D eigenvalue weighted by atomic mass is 79.9. The minimum atomic E-state index is 0.322. The van der Waals surface area contributed by atoms with Crippen LogP contribution in [-0.4, -0.2) is 19.1 Å². The minimum absolute atomic E-state index is 0.322. The summed E-state index contributed by atoms with van der Waals surface area (Å²) in [5.74, 6) is 2.83. The Labute approximate surface area is 101 Å². The van der Waals surface area contributed by atoms with E-state index in [9.17, 15) is 0 Å². The fourth-order valence-electron chi connectivity index (χ4n) is 1.78. The molecule has 1 N–H and O–H groups in total. The Hall–Kier alpha value is -0.390. The van der Waals surface area contributed by atoms with Gasteiger partial charge in [0.1, 0.15) is 0 Å². The molecule has 0 radical (unpaired) electrons. The molecule has 0 bridgehead atoms. The number of benzene rings is 1. The summed E-state index contributed by atoms with van der Waals surface area (Å²) >= 11 is 5.42. The van der Waals surface area contributed by atoms with E-state index < -0.39 is 0 Å². The van der Waals surface area contributed by atoms with Crippen LogP contribution in [0.3, 0.4) is 0 Å². The summed E-state index contributed by atoms with van der Waals surface area (Å²) in [6.07, 6.45) is 0. The summed E-state index contributed by atoms with van der Waals surface area (Å²) in [6.45, 7) is 1.39. The third kappa shape index (κ3) is 1.73. The van der Waals surface area contributed by atoms with Crippen molar-refractivity contribution in [3.8, 4) is 11.5 Å². The van der Waals surface area contributed by atoms with Crippen molar-refractivity contribution >= 4 is 27.7 Å². The molecule has 1 atom stereocenters. The molecule has 2 aliphatic heterocycles. The smallest absolute Gasteiger partial charge is 0.231 e. The lowest BCUT2D eigenvalue weighted by molar-refractivity contribution is 0.173. The molecular weight excluding hydrogens is 278 g/mol. The van der Waals surface area contributed by atoms with Crippen molar-refractivity contribution in [2.45, 2.75) is 5.37 Å². The second kappa shape index (κ2) is 3.88. The van der Waals surface area contributed by atoms with Crippen LogP contribution in [0.25, 0.3) is 0 Å². The zero-order valence-corrected chi connectivity index (χ0v) is 10.4. The zero-order valence-electron chi connectivity index (χ0n) is 7.96. The molecule has 15 heavy (non-hydrogen) atoms. The summed E-state index contributed by atoms with van der Waals surface area (Å²) in [5.41, 5.74) is 1.24. The van der Waals surface area contributed by atoms with E-state index in [1.165, 1.54) is 5.56 Å². The van der Waals surface area contributed by atoms with Gasteiger partial charge in [-0.25, -0.2) is 0 Å². The molecule has 0 aliphatic carbocycles. The molecule has 3 rings (SSSR count). The maximum atomic E-state index is 5.39. The number of rotatable bonds is 1. The van der Waals surface area contributed by atoms with Crippen molar-refractivity contribution in [3.63, 3.8) is 0 Å². The number of hydrogen-bond acceptors (Lipinski definition) is 4. The fourth-order valence-corrected chi connectivity index (χ4v) is 3.39. The number of nitrogens with one attached hydrogen (secondary N) is 1. The molecule has 0 saturated carbocycles. The lowest BCUT2D eigenvalue weighted by Crippen LogP contribution is -2.11. The predicted molar refractivity (Wildman–Crippen MR) is 63.5 cm³/mol. The van der Waals surface area contributed by atoms with Crippen molar-refractivity contribution in [2.24, 2.45) is 0 Å². The number of fused-ring (bicyclic) bond motifs is 1. The Morgan fingerprint density at radius 3 is 3.13 bits per heavy atom. The standard InChI is InChI=1S/C10H10BrNO2S/c11-7-3-6(10-12-1-2-15-10)4-8-9(7)14-5-13-8/h3-4,10,12H,1-2,5H2. The van der Waals surface area contributed by atoms with E-state index in [0.717, 1.165) is 28.3 Å². The van der Waals surface area contributed by atoms with Crippen LogP contribution in [0.1, 0.15) is 10.9 Å². The van der Waals surface area contributed by atoms with Gasteiger partial charge in [-0.3, -0.25) is 0 Å². The first-order valence-electron chi connectivity index (χ1n) is 4.78. The Kier molecular flexibility index (Phi) is 2.54. The van der Waals surface area contributed by atoms with Crippen molar-refractivity contribution in [1.82, 2.24) is 5.32 Å². The molecule has 1 saturated heterocycles. The molecule has 3 nitrogen and oxygen atoms in total. The molecule has 1 fully saturated rings. The summed E-state index contributed by atoms with van der Waals surface area (Å²) < 4.78 is 11.7. The lowest BCUT2D eigenvalue weighted by Gasteiger charge is -2.11. The van der Waals surface area contributed by atoms with Crippen LogP contribution in [-0.2, 0) is 0 Å². The fraction of sp³-hybridized carbons (Fsp3) is 0.400. The molecule has 1 aromatic carbocycles. The van der Waals surface area contributed by atoms with E-state index in [1.54, 1.807) is 0 Å². The molecule has 5 heteroatoms. The highest BCUT2D eigenvalue weighted by molar-refractivity contribution is 9.10. The first-order valence-corrected chi connectivity index (χ1v) is 6.63. The predicted octanol–water partition coefficient (Wildman–Crippen LogP) is 2.51. The second-order valence-corrected chi connectivity index (χ2v) is 5.51. The number of hydrogen-bond donors (Lipinski definition) is 1. The van der Waals surface area contributed by atoms with Gasteiger partial charge in [0, 0.05) is 12.3 Å². The largest absolute Gasteiger partial charge is 0.454 e. The summed E-state index contributed by atoms with van der Waals surface area (Å²) in [5, 5.41) is 3.82. The van der Waals surface area contributed by atoms with Gasteiger partial charge in [0.05, 0.1) is 9.85 Å². The Morgan fingerprint density at radius 2 is 2.33 bits per heavy atom. The number of ether oxygens (including phenoxy) is 2. The lowest BCUT2D eigenvalue weighted by atomic mass is 10.2. The second-order valence-electron chi connectivity index (χ2n) is 3.44. The number of halogens is 1. The van der Waals surface area contributed by atoms with Gasteiger partial charge < -0.3 is 14.8 Å². The molecule has 2 aliphatic rings. The van der Waals surface area contributed by atoms with Crippen LogP contribution in [0.4, 0.5) is 0 Å². The van der Waals surface area contributed by atoms with Gasteiger partial charge >= 0.3 is 0 Å². The van der Waals surface area contributed by atoms with Gasteiger partial charge in [0.15, 0.2) is 11.5 Å². The monoisotopic (exact) mass is 287 g/mol. The summed E-state index contributed by atoms with van der Waals surface area (Å²) in [6, 6.07) is 4.16. The van der Waals surface area contributed by atoms with Crippen LogP contribution in [0.15, 0.2) is 16.6 Å². The third-order valence-electron chi connectivity index (χ3n) is 2.47. The number of thioether (sulfide) groups is 1. The molecule has 2 heterocycles. The molecule has 0 amide bonds. The van der Waals surface area contributed by atoms with Gasteiger partial charge in [0.2, 0.25) is 6.79 Å². The molecule has 1 unspecified atom stereocenters. The van der Waals surface area contributed by atoms with Crippen molar-refractivity contribution in [2.75, 3.05) is 19.1 Å². The van der Waals surface area contributed by atoms with Crippen molar-refractivity contribution in [3.05, 3.63) is 22.2 Å². The Balaban J connectivity index is 1.99. The van der Waals surface area contributed by atoms with E-state index in [-0.39, 0.29) is 0 Å². The normalized spacial score (nSPS) is 23.4. The molecule has 0 spiro atoms. The quantitative estimate of drug-likeness (QED) is 0.860. The highest BCUT2D eigenvalue weighted by Crippen LogP contribution is 2.43. The van der Waals surface area contributed by atoms with E-state index in [2.05, 4.69) is 33.4 Å². The Bertz CT molecular complexity index is 393. The first-order chi connectivity index (χ1) is 7.34. The van der Waals surface area contributed by atoms with Crippen molar-refractivity contribution in [1.29, 1.82) is 0 Å². The van der Waals surface area contributed by atoms with Gasteiger partial charge in [-0.2, -0.15) is 0 Å². The van der Waals surface area contributed by atoms with Gasteiger partial charge in [-0.1, -0.05) is 0 Å². The third-order valence-corrected chi connectivity index (χ3v) is 4.27. The van der Waals surface area contributed by atoms with Crippen LogP contribution < -0.4 is 14.8 Å². The highest BCUT2D eigenvalue weighted by Gasteiger charge is 2.23. The van der Waals surface area contributed by atoms with E-state index >= 15 is 0 Å². The van der Waals surface area contributed by atoms with Crippen LogP contribution in [0.5, 0.6) is 11.5 Å². The average Bonchev–Trinajstić information content (AvgIpc) is 2.88. The van der Waals surface area contributed by atoms with Gasteiger partial charge in [-0.05, 0) is 33.6 Å². The minimum Gasteiger partial charge on any atom is -0.454 e. The van der Waals surface area contributed by atoms with Crippen LogP contribution in [0.2, 0.25) is 0 Å². The molecule has 80 valence electrons. The SMILES string of the molecule is Brc1cc(C2NCCS2)cc2c1OCO2. The van der Waals surface area contributed by atoms with Gasteiger partial charge in [0.25, 0.3) is 0 Å². The van der Waals surface area contributed by atoms with Gasteiger partial charge in [-0.15, -0.1) is 11.8 Å². The first kappa shape index (κ1) is 9.81. The maximum absolute atomic E-state index is 5.39. The van der Waals surface area contributed by atoms with E-state index in [1.807, 2.05) is 11.8 Å². The van der Waals surface area contributed by atoms with Crippen molar-refractivity contribution < 1.29 is 9.47 Å². The van der Waals surface area contributed by atoms with Crippen LogP contribution >= 0.6 is 27.7 Å². The van der Waals surface area contributed by atoms with E-state index in [4.69, 9.17) is 9.47 Å². The maximum Gasteiger partial charge on any atom is 0.231 e. The summed E-state index contributed by atoms with van der Waals surface area (Å²) in [7, 11) is 0. The van der Waals surface area contributed by atoms with Crippen LogP contribution in [0, 0.1) is 0 Å².